The van der Waals surface area contributed by atoms with Gasteiger partial charge in [-0.05, 0) is 18.1 Å². The summed E-state index contributed by atoms with van der Waals surface area (Å²) in [6.45, 7) is 1.57. The maximum atomic E-state index is 12.1. The van der Waals surface area contributed by atoms with E-state index in [-0.39, 0.29) is 12.5 Å². The molecule has 17 heavy (non-hydrogen) atoms. The summed E-state index contributed by atoms with van der Waals surface area (Å²) in [5, 5.41) is 8.65. The predicted molar refractivity (Wildman–Crippen MR) is 65.6 cm³/mol. The summed E-state index contributed by atoms with van der Waals surface area (Å²) in [5.74, 6) is -1.42. The molecule has 0 aliphatic carbocycles. The summed E-state index contributed by atoms with van der Waals surface area (Å²) in [6, 6.07) is 1.78. The van der Waals surface area contributed by atoms with Crippen LogP contribution in [0.5, 0.6) is 0 Å². The zero-order chi connectivity index (χ0) is 13.0. The number of aliphatic carboxylic acids is 1. The molecule has 0 aromatic carbocycles. The highest BCUT2D eigenvalue weighted by atomic mass is 32.1. The van der Waals surface area contributed by atoms with E-state index in [1.807, 2.05) is 6.92 Å². The SMILES string of the molecule is CCc1cc[nH]c(=S)c1C(=O)N(C)CC(=O)O. The molecule has 0 saturated carbocycles. The summed E-state index contributed by atoms with van der Waals surface area (Å²) in [5.41, 5.74) is 1.20. The Bertz CT molecular complexity index is 496. The molecule has 0 aliphatic rings. The second kappa shape index (κ2) is 5.58. The van der Waals surface area contributed by atoms with E-state index in [4.69, 9.17) is 17.3 Å². The maximum absolute atomic E-state index is 12.1. The summed E-state index contributed by atoms with van der Waals surface area (Å²) in [7, 11) is 1.44. The van der Waals surface area contributed by atoms with Crippen LogP contribution in [0.4, 0.5) is 0 Å². The van der Waals surface area contributed by atoms with Crippen LogP contribution < -0.4 is 0 Å². The molecule has 1 rings (SSSR count). The third kappa shape index (κ3) is 3.13. The Morgan fingerprint density at radius 1 is 1.53 bits per heavy atom. The van der Waals surface area contributed by atoms with Crippen LogP contribution in [-0.2, 0) is 11.2 Å². The minimum atomic E-state index is -1.05. The molecule has 0 atom stereocenters. The van der Waals surface area contributed by atoms with Crippen molar-refractivity contribution in [1.29, 1.82) is 0 Å². The molecule has 0 unspecified atom stereocenters. The number of aromatic nitrogens is 1. The summed E-state index contributed by atoms with van der Waals surface area (Å²) < 4.78 is 0.339. The molecule has 0 aliphatic heterocycles. The number of carboxylic acid groups (broad SMARTS) is 1. The van der Waals surface area contributed by atoms with E-state index in [1.165, 1.54) is 7.05 Å². The molecule has 5 nitrogen and oxygen atoms in total. The van der Waals surface area contributed by atoms with E-state index >= 15 is 0 Å². The van der Waals surface area contributed by atoms with Gasteiger partial charge in [0.25, 0.3) is 5.91 Å². The van der Waals surface area contributed by atoms with Crippen molar-refractivity contribution in [1.82, 2.24) is 9.88 Å². The number of carbonyl (C=O) groups is 2. The van der Waals surface area contributed by atoms with Gasteiger partial charge < -0.3 is 15.0 Å². The molecule has 92 valence electrons. The van der Waals surface area contributed by atoms with Gasteiger partial charge in [-0.3, -0.25) is 9.59 Å². The number of H-pyrrole nitrogens is 1. The van der Waals surface area contributed by atoms with Crippen molar-refractivity contribution in [2.24, 2.45) is 0 Å². The first-order valence-electron chi connectivity index (χ1n) is 5.15. The fraction of sp³-hybridized carbons (Fsp3) is 0.364. The summed E-state index contributed by atoms with van der Waals surface area (Å²) in [6.07, 6.45) is 2.34. The number of aryl methyl sites for hydroxylation is 1. The number of rotatable bonds is 4. The van der Waals surface area contributed by atoms with E-state index in [9.17, 15) is 9.59 Å². The third-order valence-corrected chi connectivity index (χ3v) is 2.68. The molecule has 1 aromatic heterocycles. The van der Waals surface area contributed by atoms with E-state index < -0.39 is 5.97 Å². The van der Waals surface area contributed by atoms with Crippen LogP contribution in [0, 0.1) is 4.64 Å². The van der Waals surface area contributed by atoms with Gasteiger partial charge >= 0.3 is 5.97 Å². The van der Waals surface area contributed by atoms with Crippen LogP contribution in [0.25, 0.3) is 0 Å². The lowest BCUT2D eigenvalue weighted by molar-refractivity contribution is -0.137. The second-order valence-electron chi connectivity index (χ2n) is 3.62. The average Bonchev–Trinajstić information content (AvgIpc) is 2.26. The van der Waals surface area contributed by atoms with Crippen LogP contribution in [-0.4, -0.2) is 40.5 Å². The topological polar surface area (TPSA) is 73.4 Å². The van der Waals surface area contributed by atoms with E-state index in [0.717, 1.165) is 10.5 Å². The minimum absolute atomic E-state index is 0.339. The fourth-order valence-electron chi connectivity index (χ4n) is 1.51. The average molecular weight is 254 g/mol. The number of amides is 1. The highest BCUT2D eigenvalue weighted by molar-refractivity contribution is 7.71. The Balaban J connectivity index is 3.11. The highest BCUT2D eigenvalue weighted by Crippen LogP contribution is 2.12. The Morgan fingerprint density at radius 2 is 2.18 bits per heavy atom. The van der Waals surface area contributed by atoms with Crippen LogP contribution in [0.1, 0.15) is 22.8 Å². The molecular weight excluding hydrogens is 240 g/mol. The number of likely N-dealkylation sites (N-methyl/N-ethyl adjacent to an activating group) is 1. The molecule has 0 saturated heterocycles. The van der Waals surface area contributed by atoms with Crippen molar-refractivity contribution < 1.29 is 14.7 Å². The quantitative estimate of drug-likeness (QED) is 0.798. The number of hydrogen-bond donors (Lipinski definition) is 2. The summed E-state index contributed by atoms with van der Waals surface area (Å²) >= 11 is 5.06. The van der Waals surface area contributed by atoms with Gasteiger partial charge in [-0.1, -0.05) is 19.1 Å². The standard InChI is InChI=1S/C11H14N2O3S/c1-3-7-4-5-12-10(17)9(7)11(16)13(2)6-8(14)15/h4-5H,3,6H2,1-2H3,(H,12,17)(H,14,15). The van der Waals surface area contributed by atoms with E-state index in [1.54, 1.807) is 12.3 Å². The number of nitrogens with one attached hydrogen (secondary N) is 1. The van der Waals surface area contributed by atoms with Gasteiger partial charge in [0.15, 0.2) is 0 Å². The van der Waals surface area contributed by atoms with Gasteiger partial charge in [0.1, 0.15) is 11.2 Å². The van der Waals surface area contributed by atoms with Crippen molar-refractivity contribution in [3.05, 3.63) is 28.0 Å². The van der Waals surface area contributed by atoms with Gasteiger partial charge in [0, 0.05) is 13.2 Å². The number of carbonyl (C=O) groups excluding carboxylic acids is 1. The molecule has 0 fully saturated rings. The molecule has 1 aromatic rings. The van der Waals surface area contributed by atoms with Crippen molar-refractivity contribution >= 4 is 24.1 Å². The van der Waals surface area contributed by atoms with Gasteiger partial charge in [-0.2, -0.15) is 0 Å². The largest absolute Gasteiger partial charge is 0.480 e. The number of carboxylic acids is 1. The van der Waals surface area contributed by atoms with Crippen molar-refractivity contribution in [2.45, 2.75) is 13.3 Å². The molecular formula is C11H14N2O3S. The number of hydrogen-bond acceptors (Lipinski definition) is 3. The lowest BCUT2D eigenvalue weighted by Gasteiger charge is -2.16. The minimum Gasteiger partial charge on any atom is -0.480 e. The molecule has 0 radical (unpaired) electrons. The van der Waals surface area contributed by atoms with Crippen LogP contribution in [0.2, 0.25) is 0 Å². The van der Waals surface area contributed by atoms with Crippen molar-refractivity contribution in [3.63, 3.8) is 0 Å². The smallest absolute Gasteiger partial charge is 0.323 e. The molecule has 2 N–H and O–H groups in total. The number of pyridine rings is 1. The van der Waals surface area contributed by atoms with Gasteiger partial charge in [0.05, 0.1) is 5.56 Å². The Kier molecular flexibility index (Phi) is 4.39. The van der Waals surface area contributed by atoms with Crippen LogP contribution in [0.3, 0.4) is 0 Å². The van der Waals surface area contributed by atoms with Crippen molar-refractivity contribution in [3.8, 4) is 0 Å². The third-order valence-electron chi connectivity index (χ3n) is 2.36. The summed E-state index contributed by atoms with van der Waals surface area (Å²) in [4.78, 5) is 26.5. The van der Waals surface area contributed by atoms with E-state index in [0.29, 0.717) is 16.6 Å². The molecule has 6 heteroatoms. The normalized spacial score (nSPS) is 10.0. The van der Waals surface area contributed by atoms with Crippen LogP contribution >= 0.6 is 12.2 Å². The second-order valence-corrected chi connectivity index (χ2v) is 4.02. The van der Waals surface area contributed by atoms with Gasteiger partial charge in [0.2, 0.25) is 0 Å². The Morgan fingerprint density at radius 3 is 2.71 bits per heavy atom. The first-order chi connectivity index (χ1) is 7.97. The zero-order valence-electron chi connectivity index (χ0n) is 9.69. The predicted octanol–water partition coefficient (Wildman–Crippen LogP) is 1.46. The first-order valence-corrected chi connectivity index (χ1v) is 5.56. The van der Waals surface area contributed by atoms with E-state index in [2.05, 4.69) is 4.98 Å². The highest BCUT2D eigenvalue weighted by Gasteiger charge is 2.18. The lowest BCUT2D eigenvalue weighted by Crippen LogP contribution is -2.32. The molecule has 0 bridgehead atoms. The number of aromatic amines is 1. The van der Waals surface area contributed by atoms with Gasteiger partial charge in [-0.25, -0.2) is 0 Å². The molecule has 0 spiro atoms. The van der Waals surface area contributed by atoms with Crippen LogP contribution in [0.15, 0.2) is 12.3 Å². The number of nitrogens with zero attached hydrogens (tertiary/aromatic N) is 1. The maximum Gasteiger partial charge on any atom is 0.323 e. The Hall–Kier alpha value is -1.69. The molecule has 1 amide bonds. The lowest BCUT2D eigenvalue weighted by atomic mass is 10.1. The monoisotopic (exact) mass is 254 g/mol. The fourth-order valence-corrected chi connectivity index (χ4v) is 1.80. The first kappa shape index (κ1) is 13.4. The van der Waals surface area contributed by atoms with Crippen molar-refractivity contribution in [2.75, 3.05) is 13.6 Å². The van der Waals surface area contributed by atoms with Gasteiger partial charge in [-0.15, -0.1) is 0 Å². The Labute approximate surface area is 104 Å². The molecule has 1 heterocycles. The zero-order valence-corrected chi connectivity index (χ0v) is 10.5.